The first-order valence-corrected chi connectivity index (χ1v) is 5.83. The van der Waals surface area contributed by atoms with E-state index in [1.807, 2.05) is 31.2 Å². The first-order chi connectivity index (χ1) is 8.19. The van der Waals surface area contributed by atoms with Gasteiger partial charge in [-0.15, -0.1) is 0 Å². The molecule has 0 aliphatic heterocycles. The first kappa shape index (κ1) is 13.5. The largest absolute Gasteiger partial charge is 0.483 e. The van der Waals surface area contributed by atoms with Gasteiger partial charge in [0, 0.05) is 25.7 Å². The number of carbonyl (C=O) groups is 1. The van der Waals surface area contributed by atoms with Crippen LogP contribution in [0.3, 0.4) is 0 Å². The minimum absolute atomic E-state index is 0.0151. The van der Waals surface area contributed by atoms with Crippen molar-refractivity contribution >= 4 is 5.91 Å². The van der Waals surface area contributed by atoms with Crippen molar-refractivity contribution in [3.63, 3.8) is 0 Å². The quantitative estimate of drug-likeness (QED) is 0.812. The Bertz CT molecular complexity index is 366. The summed E-state index contributed by atoms with van der Waals surface area (Å²) in [5.74, 6) is 0.673. The number of nitrogens with zero attached hydrogens (tertiary/aromatic N) is 1. The van der Waals surface area contributed by atoms with Crippen molar-refractivity contribution in [2.24, 2.45) is 5.73 Å². The Morgan fingerprint density at radius 3 is 2.76 bits per heavy atom. The fourth-order valence-corrected chi connectivity index (χ4v) is 1.52. The molecule has 0 saturated carbocycles. The van der Waals surface area contributed by atoms with E-state index in [-0.39, 0.29) is 12.5 Å². The summed E-state index contributed by atoms with van der Waals surface area (Å²) >= 11 is 0. The lowest BCUT2D eigenvalue weighted by atomic mass is 10.2. The molecule has 4 nitrogen and oxygen atoms in total. The lowest BCUT2D eigenvalue weighted by molar-refractivity contribution is -0.132. The van der Waals surface area contributed by atoms with Gasteiger partial charge in [-0.25, -0.2) is 0 Å². The SMILES string of the molecule is CCCN(C)C(=O)COc1ccccc1CN. The molecule has 1 aromatic carbocycles. The molecule has 0 fully saturated rings. The molecule has 1 rings (SSSR count). The van der Waals surface area contributed by atoms with Crippen molar-refractivity contribution in [1.82, 2.24) is 4.90 Å². The molecule has 4 heteroatoms. The topological polar surface area (TPSA) is 55.6 Å². The summed E-state index contributed by atoms with van der Waals surface area (Å²) in [5, 5.41) is 0. The second-order valence-corrected chi connectivity index (χ2v) is 3.92. The predicted molar refractivity (Wildman–Crippen MR) is 67.8 cm³/mol. The van der Waals surface area contributed by atoms with Crippen LogP contribution in [0.2, 0.25) is 0 Å². The number of benzene rings is 1. The Hall–Kier alpha value is -1.55. The maximum absolute atomic E-state index is 11.7. The van der Waals surface area contributed by atoms with Gasteiger partial charge in [0.25, 0.3) is 5.91 Å². The van der Waals surface area contributed by atoms with Crippen LogP contribution in [0.4, 0.5) is 0 Å². The van der Waals surface area contributed by atoms with Crippen LogP contribution in [-0.4, -0.2) is 31.0 Å². The smallest absolute Gasteiger partial charge is 0.260 e. The zero-order chi connectivity index (χ0) is 12.7. The molecule has 0 unspecified atom stereocenters. The van der Waals surface area contributed by atoms with Gasteiger partial charge in [0.05, 0.1) is 0 Å². The second kappa shape index (κ2) is 6.91. The van der Waals surface area contributed by atoms with Crippen LogP contribution in [0.25, 0.3) is 0 Å². The molecule has 0 atom stereocenters. The van der Waals surface area contributed by atoms with Crippen molar-refractivity contribution in [3.8, 4) is 5.75 Å². The highest BCUT2D eigenvalue weighted by molar-refractivity contribution is 5.77. The van der Waals surface area contributed by atoms with Crippen molar-refractivity contribution in [2.75, 3.05) is 20.2 Å². The summed E-state index contributed by atoms with van der Waals surface area (Å²) in [5.41, 5.74) is 6.50. The van der Waals surface area contributed by atoms with Crippen LogP contribution < -0.4 is 10.5 Å². The number of carbonyl (C=O) groups excluding carboxylic acids is 1. The number of amides is 1. The minimum Gasteiger partial charge on any atom is -0.483 e. The fourth-order valence-electron chi connectivity index (χ4n) is 1.52. The van der Waals surface area contributed by atoms with E-state index >= 15 is 0 Å². The molecule has 0 heterocycles. The molecule has 94 valence electrons. The van der Waals surface area contributed by atoms with E-state index in [0.29, 0.717) is 12.3 Å². The number of para-hydroxylation sites is 1. The summed E-state index contributed by atoms with van der Waals surface area (Å²) in [6.07, 6.45) is 0.946. The molecule has 0 spiro atoms. The molecule has 17 heavy (non-hydrogen) atoms. The van der Waals surface area contributed by atoms with E-state index in [1.54, 1.807) is 11.9 Å². The van der Waals surface area contributed by atoms with E-state index in [1.165, 1.54) is 0 Å². The fraction of sp³-hybridized carbons (Fsp3) is 0.462. The minimum atomic E-state index is -0.0151. The molecule has 1 amide bonds. The van der Waals surface area contributed by atoms with Crippen molar-refractivity contribution in [3.05, 3.63) is 29.8 Å². The Morgan fingerprint density at radius 1 is 1.41 bits per heavy atom. The van der Waals surface area contributed by atoms with E-state index in [4.69, 9.17) is 10.5 Å². The zero-order valence-electron chi connectivity index (χ0n) is 10.5. The molecule has 0 aliphatic carbocycles. The van der Waals surface area contributed by atoms with Gasteiger partial charge in [-0.2, -0.15) is 0 Å². The molecular weight excluding hydrogens is 216 g/mol. The van der Waals surface area contributed by atoms with E-state index in [9.17, 15) is 4.79 Å². The van der Waals surface area contributed by atoms with Crippen LogP contribution in [0, 0.1) is 0 Å². The molecule has 0 saturated heterocycles. The van der Waals surface area contributed by atoms with Crippen LogP contribution in [-0.2, 0) is 11.3 Å². The molecule has 1 aromatic rings. The van der Waals surface area contributed by atoms with Crippen molar-refractivity contribution in [2.45, 2.75) is 19.9 Å². The average Bonchev–Trinajstić information content (AvgIpc) is 2.36. The summed E-state index contributed by atoms with van der Waals surface area (Å²) in [6, 6.07) is 7.50. The van der Waals surface area contributed by atoms with Crippen LogP contribution in [0.15, 0.2) is 24.3 Å². The second-order valence-electron chi connectivity index (χ2n) is 3.92. The monoisotopic (exact) mass is 236 g/mol. The third-order valence-electron chi connectivity index (χ3n) is 2.53. The molecule has 0 aromatic heterocycles. The van der Waals surface area contributed by atoms with Gasteiger partial charge in [0.2, 0.25) is 0 Å². The lowest BCUT2D eigenvalue weighted by Gasteiger charge is -2.17. The van der Waals surface area contributed by atoms with Crippen LogP contribution in [0.5, 0.6) is 5.75 Å². The summed E-state index contributed by atoms with van der Waals surface area (Å²) in [7, 11) is 1.78. The Balaban J connectivity index is 2.52. The van der Waals surface area contributed by atoms with Gasteiger partial charge >= 0.3 is 0 Å². The number of rotatable bonds is 6. The average molecular weight is 236 g/mol. The third kappa shape index (κ3) is 4.07. The normalized spacial score (nSPS) is 10.1. The third-order valence-corrected chi connectivity index (χ3v) is 2.53. The number of likely N-dealkylation sites (N-methyl/N-ethyl adjacent to an activating group) is 1. The van der Waals surface area contributed by atoms with Gasteiger partial charge in [-0.05, 0) is 12.5 Å². The highest BCUT2D eigenvalue weighted by Crippen LogP contribution is 2.16. The standard InChI is InChI=1S/C13H20N2O2/c1-3-8-15(2)13(16)10-17-12-7-5-4-6-11(12)9-14/h4-7H,3,8-10,14H2,1-2H3. The van der Waals surface area contributed by atoms with Crippen LogP contribution >= 0.6 is 0 Å². The Kier molecular flexibility index (Phi) is 5.49. The number of nitrogens with two attached hydrogens (primary N) is 1. The summed E-state index contributed by atoms with van der Waals surface area (Å²) in [6.45, 7) is 3.26. The zero-order valence-corrected chi connectivity index (χ0v) is 10.5. The Labute approximate surface area is 102 Å². The molecule has 2 N–H and O–H groups in total. The summed E-state index contributed by atoms with van der Waals surface area (Å²) < 4.78 is 5.49. The highest BCUT2D eigenvalue weighted by atomic mass is 16.5. The van der Waals surface area contributed by atoms with Crippen LogP contribution in [0.1, 0.15) is 18.9 Å². The van der Waals surface area contributed by atoms with E-state index < -0.39 is 0 Å². The van der Waals surface area contributed by atoms with Gasteiger partial charge < -0.3 is 15.4 Å². The molecule has 0 radical (unpaired) electrons. The highest BCUT2D eigenvalue weighted by Gasteiger charge is 2.09. The maximum atomic E-state index is 11.7. The molecule has 0 aliphatic rings. The molecular formula is C13H20N2O2. The predicted octanol–water partition coefficient (Wildman–Crippen LogP) is 1.39. The lowest BCUT2D eigenvalue weighted by Crippen LogP contribution is -2.32. The first-order valence-electron chi connectivity index (χ1n) is 5.83. The van der Waals surface area contributed by atoms with Crippen molar-refractivity contribution < 1.29 is 9.53 Å². The summed E-state index contributed by atoms with van der Waals surface area (Å²) in [4.78, 5) is 13.3. The van der Waals surface area contributed by atoms with Gasteiger partial charge in [-0.1, -0.05) is 25.1 Å². The number of hydrogen-bond donors (Lipinski definition) is 1. The van der Waals surface area contributed by atoms with Gasteiger partial charge in [0.1, 0.15) is 5.75 Å². The Morgan fingerprint density at radius 2 is 2.12 bits per heavy atom. The maximum Gasteiger partial charge on any atom is 0.260 e. The van der Waals surface area contributed by atoms with E-state index in [2.05, 4.69) is 0 Å². The number of hydrogen-bond acceptors (Lipinski definition) is 3. The van der Waals surface area contributed by atoms with Crippen molar-refractivity contribution in [1.29, 1.82) is 0 Å². The molecule has 0 bridgehead atoms. The van der Waals surface area contributed by atoms with Gasteiger partial charge in [0.15, 0.2) is 6.61 Å². The number of ether oxygens (including phenoxy) is 1. The van der Waals surface area contributed by atoms with Gasteiger partial charge in [-0.3, -0.25) is 4.79 Å². The van der Waals surface area contributed by atoms with E-state index in [0.717, 1.165) is 18.5 Å².